The molecule has 0 radical (unpaired) electrons. The first-order chi connectivity index (χ1) is 7.13. The van der Waals surface area contributed by atoms with E-state index in [-0.39, 0.29) is 5.91 Å². The lowest BCUT2D eigenvalue weighted by molar-refractivity contribution is -0.122. The summed E-state index contributed by atoms with van der Waals surface area (Å²) in [5.74, 6) is 0.736. The highest BCUT2D eigenvalue weighted by molar-refractivity contribution is 5.78. The summed E-state index contributed by atoms with van der Waals surface area (Å²) < 4.78 is 0. The number of rotatable bonds is 7. The molecule has 86 valence electrons. The summed E-state index contributed by atoms with van der Waals surface area (Å²) in [6, 6.07) is 0.655. The summed E-state index contributed by atoms with van der Waals surface area (Å²) in [6.45, 7) is 10.1. The van der Waals surface area contributed by atoms with Crippen LogP contribution in [0.1, 0.15) is 26.7 Å². The molecule has 15 heavy (non-hydrogen) atoms. The predicted octanol–water partition coefficient (Wildman–Crippen LogP) is 1.41. The number of carbonyl (C=O) groups excluding carboxylic acids is 1. The lowest BCUT2D eigenvalue weighted by Gasteiger charge is -2.23. The molecule has 0 aromatic rings. The Morgan fingerprint density at radius 1 is 1.60 bits per heavy atom. The molecule has 0 spiro atoms. The zero-order valence-corrected chi connectivity index (χ0v) is 9.83. The van der Waals surface area contributed by atoms with Crippen LogP contribution >= 0.6 is 0 Å². The molecule has 1 aliphatic carbocycles. The molecule has 3 nitrogen and oxygen atoms in total. The first-order valence-electron chi connectivity index (χ1n) is 5.75. The van der Waals surface area contributed by atoms with Crippen LogP contribution in [0.4, 0.5) is 0 Å². The second-order valence-electron chi connectivity index (χ2n) is 4.65. The molecule has 1 aliphatic rings. The zero-order chi connectivity index (χ0) is 11.3. The van der Waals surface area contributed by atoms with Crippen LogP contribution < -0.4 is 5.32 Å². The van der Waals surface area contributed by atoms with Crippen LogP contribution in [0.3, 0.4) is 0 Å². The van der Waals surface area contributed by atoms with Gasteiger partial charge in [-0.1, -0.05) is 19.9 Å². The van der Waals surface area contributed by atoms with Crippen LogP contribution in [-0.2, 0) is 4.79 Å². The molecule has 1 fully saturated rings. The zero-order valence-electron chi connectivity index (χ0n) is 9.83. The van der Waals surface area contributed by atoms with E-state index < -0.39 is 0 Å². The Morgan fingerprint density at radius 2 is 2.27 bits per heavy atom. The van der Waals surface area contributed by atoms with E-state index >= 15 is 0 Å². The van der Waals surface area contributed by atoms with Gasteiger partial charge >= 0.3 is 0 Å². The standard InChI is InChI=1S/C12H22N2O/c1-4-7-13-12(15)9-14(8-10(2)3)11-5-6-11/h4,10-11H,1,5-9H2,2-3H3,(H,13,15). The van der Waals surface area contributed by atoms with Gasteiger partial charge in [0.25, 0.3) is 0 Å². The minimum absolute atomic E-state index is 0.113. The fourth-order valence-electron chi connectivity index (χ4n) is 1.68. The lowest BCUT2D eigenvalue weighted by Crippen LogP contribution is -2.40. The summed E-state index contributed by atoms with van der Waals surface area (Å²) in [5, 5.41) is 2.82. The SMILES string of the molecule is C=CCNC(=O)CN(CC(C)C)C1CC1. The van der Waals surface area contributed by atoms with Gasteiger partial charge in [0.05, 0.1) is 6.54 Å². The highest BCUT2D eigenvalue weighted by atomic mass is 16.2. The van der Waals surface area contributed by atoms with Gasteiger partial charge in [-0.25, -0.2) is 0 Å². The minimum Gasteiger partial charge on any atom is -0.352 e. The van der Waals surface area contributed by atoms with Gasteiger partial charge in [0.15, 0.2) is 0 Å². The van der Waals surface area contributed by atoms with Gasteiger partial charge in [-0.15, -0.1) is 6.58 Å². The normalized spacial score (nSPS) is 15.7. The lowest BCUT2D eigenvalue weighted by atomic mass is 10.2. The van der Waals surface area contributed by atoms with Gasteiger partial charge in [0, 0.05) is 19.1 Å². The maximum absolute atomic E-state index is 11.5. The first kappa shape index (κ1) is 12.2. The highest BCUT2D eigenvalue weighted by Crippen LogP contribution is 2.27. The van der Waals surface area contributed by atoms with Crippen molar-refractivity contribution in [3.05, 3.63) is 12.7 Å². The first-order valence-corrected chi connectivity index (χ1v) is 5.75. The Hall–Kier alpha value is -0.830. The second-order valence-corrected chi connectivity index (χ2v) is 4.65. The third kappa shape index (κ3) is 4.98. The summed E-state index contributed by atoms with van der Waals surface area (Å²) >= 11 is 0. The third-order valence-corrected chi connectivity index (χ3v) is 2.45. The topological polar surface area (TPSA) is 32.3 Å². The van der Waals surface area contributed by atoms with Gasteiger partial charge in [-0.05, 0) is 18.8 Å². The molecule has 0 saturated heterocycles. The van der Waals surface area contributed by atoms with Gasteiger partial charge in [0.1, 0.15) is 0 Å². The molecule has 3 heteroatoms. The van der Waals surface area contributed by atoms with E-state index in [9.17, 15) is 4.79 Å². The number of nitrogens with zero attached hydrogens (tertiary/aromatic N) is 1. The quantitative estimate of drug-likeness (QED) is 0.644. The van der Waals surface area contributed by atoms with Crippen molar-refractivity contribution in [2.45, 2.75) is 32.7 Å². The van der Waals surface area contributed by atoms with E-state index in [0.29, 0.717) is 25.0 Å². The maximum Gasteiger partial charge on any atom is 0.234 e. The molecule has 0 unspecified atom stereocenters. The van der Waals surface area contributed by atoms with Crippen LogP contribution in [-0.4, -0.2) is 36.5 Å². The van der Waals surface area contributed by atoms with E-state index in [1.807, 2.05) is 0 Å². The largest absolute Gasteiger partial charge is 0.352 e. The molecule has 0 aromatic heterocycles. The van der Waals surface area contributed by atoms with Crippen molar-refractivity contribution >= 4 is 5.91 Å². The van der Waals surface area contributed by atoms with Crippen LogP contribution in [0.2, 0.25) is 0 Å². The molecule has 0 atom stereocenters. The van der Waals surface area contributed by atoms with Crippen LogP contribution in [0, 0.1) is 5.92 Å². The minimum atomic E-state index is 0.113. The molecule has 0 aliphatic heterocycles. The predicted molar refractivity (Wildman–Crippen MR) is 62.6 cm³/mol. The van der Waals surface area contributed by atoms with Crippen molar-refractivity contribution in [2.75, 3.05) is 19.6 Å². The number of nitrogens with one attached hydrogen (secondary N) is 1. The van der Waals surface area contributed by atoms with E-state index in [1.54, 1.807) is 6.08 Å². The fraction of sp³-hybridized carbons (Fsp3) is 0.750. The van der Waals surface area contributed by atoms with Gasteiger partial charge < -0.3 is 5.32 Å². The van der Waals surface area contributed by atoms with Gasteiger partial charge in [-0.2, -0.15) is 0 Å². The van der Waals surface area contributed by atoms with Crippen molar-refractivity contribution in [3.8, 4) is 0 Å². The van der Waals surface area contributed by atoms with E-state index in [4.69, 9.17) is 0 Å². The van der Waals surface area contributed by atoms with Crippen LogP contribution in [0.25, 0.3) is 0 Å². The van der Waals surface area contributed by atoms with E-state index in [0.717, 1.165) is 6.54 Å². The molecular formula is C12H22N2O. The van der Waals surface area contributed by atoms with Crippen molar-refractivity contribution in [1.29, 1.82) is 0 Å². The average molecular weight is 210 g/mol. The smallest absolute Gasteiger partial charge is 0.234 e. The molecule has 1 N–H and O–H groups in total. The fourth-order valence-corrected chi connectivity index (χ4v) is 1.68. The maximum atomic E-state index is 11.5. The molecule has 1 rings (SSSR count). The van der Waals surface area contributed by atoms with Crippen molar-refractivity contribution in [2.24, 2.45) is 5.92 Å². The number of amides is 1. The summed E-state index contributed by atoms with van der Waals surface area (Å²) in [5.41, 5.74) is 0. The Balaban J connectivity index is 2.29. The molecule has 1 saturated carbocycles. The van der Waals surface area contributed by atoms with Crippen molar-refractivity contribution < 1.29 is 4.79 Å². The Labute approximate surface area is 92.5 Å². The molecule has 0 heterocycles. The Bertz CT molecular complexity index is 222. The highest BCUT2D eigenvalue weighted by Gasteiger charge is 2.30. The summed E-state index contributed by atoms with van der Waals surface area (Å²) in [7, 11) is 0. The third-order valence-electron chi connectivity index (χ3n) is 2.45. The molecule has 0 aromatic carbocycles. The second kappa shape index (κ2) is 5.91. The molecular weight excluding hydrogens is 188 g/mol. The van der Waals surface area contributed by atoms with Crippen LogP contribution in [0.5, 0.6) is 0 Å². The Morgan fingerprint density at radius 3 is 2.73 bits per heavy atom. The number of hydrogen-bond donors (Lipinski definition) is 1. The molecule has 0 bridgehead atoms. The van der Waals surface area contributed by atoms with Crippen molar-refractivity contribution in [1.82, 2.24) is 10.2 Å². The van der Waals surface area contributed by atoms with Crippen molar-refractivity contribution in [3.63, 3.8) is 0 Å². The van der Waals surface area contributed by atoms with Gasteiger partial charge in [0.2, 0.25) is 5.91 Å². The van der Waals surface area contributed by atoms with Crippen LogP contribution in [0.15, 0.2) is 12.7 Å². The summed E-state index contributed by atoms with van der Waals surface area (Å²) in [6.07, 6.45) is 4.21. The van der Waals surface area contributed by atoms with E-state index in [2.05, 4.69) is 30.6 Å². The van der Waals surface area contributed by atoms with E-state index in [1.165, 1.54) is 12.8 Å². The monoisotopic (exact) mass is 210 g/mol. The summed E-state index contributed by atoms with van der Waals surface area (Å²) in [4.78, 5) is 13.8. The average Bonchev–Trinajstić information content (AvgIpc) is 2.96. The number of hydrogen-bond acceptors (Lipinski definition) is 2. The van der Waals surface area contributed by atoms with Gasteiger partial charge in [-0.3, -0.25) is 9.69 Å². The number of carbonyl (C=O) groups is 1. The Kier molecular flexibility index (Phi) is 4.82. The molecule has 1 amide bonds.